The highest BCUT2D eigenvalue weighted by molar-refractivity contribution is 6.30. The van der Waals surface area contributed by atoms with Crippen molar-refractivity contribution in [3.05, 3.63) is 34.9 Å². The smallest absolute Gasteiger partial charge is 0.219 e. The van der Waals surface area contributed by atoms with Gasteiger partial charge in [0, 0.05) is 63.2 Å². The Hall–Kier alpha value is -1.79. The lowest BCUT2D eigenvalue weighted by Crippen LogP contribution is -2.50. The van der Waals surface area contributed by atoms with Crippen LogP contribution in [0.25, 0.3) is 0 Å². The molecule has 1 aliphatic carbocycles. The number of nitrogens with one attached hydrogen (secondary N) is 2. The number of halogens is 1. The van der Waals surface area contributed by atoms with Crippen LogP contribution in [0, 0.1) is 0 Å². The van der Waals surface area contributed by atoms with Crippen LogP contribution in [0.3, 0.4) is 0 Å². The Labute approximate surface area is 173 Å². The van der Waals surface area contributed by atoms with E-state index in [9.17, 15) is 4.79 Å². The number of carbonyl (C=O) groups excluding carboxylic acids is 1. The second-order valence-corrected chi connectivity index (χ2v) is 8.20. The first-order chi connectivity index (χ1) is 13.5. The Kier molecular flexibility index (Phi) is 7.18. The average molecular weight is 406 g/mol. The molecule has 2 N–H and O–H groups in total. The Morgan fingerprint density at radius 1 is 1.21 bits per heavy atom. The number of benzene rings is 1. The van der Waals surface area contributed by atoms with E-state index in [1.165, 1.54) is 5.56 Å². The molecule has 0 radical (unpaired) electrons. The summed E-state index contributed by atoms with van der Waals surface area (Å²) in [5.41, 5.74) is 1.44. The van der Waals surface area contributed by atoms with Crippen molar-refractivity contribution in [2.75, 3.05) is 52.4 Å². The van der Waals surface area contributed by atoms with E-state index in [0.29, 0.717) is 0 Å². The number of rotatable bonds is 7. The summed E-state index contributed by atoms with van der Waals surface area (Å²) >= 11 is 6.17. The van der Waals surface area contributed by atoms with Crippen LogP contribution in [0.2, 0.25) is 5.02 Å². The number of hydrogen-bond donors (Lipinski definition) is 2. The minimum absolute atomic E-state index is 0.149. The molecule has 7 heteroatoms. The molecule has 1 heterocycles. The summed E-state index contributed by atoms with van der Waals surface area (Å²) in [6.45, 7) is 10.7. The summed E-state index contributed by atoms with van der Waals surface area (Å²) in [6.07, 6.45) is 2.33. The molecule has 1 aromatic rings. The first kappa shape index (κ1) is 20.9. The van der Waals surface area contributed by atoms with Gasteiger partial charge >= 0.3 is 0 Å². The molecule has 0 atom stereocenters. The van der Waals surface area contributed by atoms with Crippen LogP contribution < -0.4 is 10.6 Å². The molecule has 1 aromatic carbocycles. The van der Waals surface area contributed by atoms with Crippen LogP contribution in [0.1, 0.15) is 32.3 Å². The summed E-state index contributed by atoms with van der Waals surface area (Å²) in [5, 5.41) is 7.60. The van der Waals surface area contributed by atoms with Crippen molar-refractivity contribution in [2.45, 2.75) is 32.1 Å². The number of piperazine rings is 1. The van der Waals surface area contributed by atoms with Gasteiger partial charge in [-0.05, 0) is 37.5 Å². The maximum absolute atomic E-state index is 11.4. The van der Waals surface area contributed by atoms with Crippen molar-refractivity contribution in [3.8, 4) is 0 Å². The first-order valence-electron chi connectivity index (χ1n) is 10.3. The fourth-order valence-corrected chi connectivity index (χ4v) is 3.89. The van der Waals surface area contributed by atoms with Crippen LogP contribution in [-0.2, 0) is 10.2 Å². The zero-order valence-corrected chi connectivity index (χ0v) is 17.8. The van der Waals surface area contributed by atoms with Gasteiger partial charge in [-0.2, -0.15) is 0 Å². The summed E-state index contributed by atoms with van der Waals surface area (Å²) < 4.78 is 0. The minimum Gasteiger partial charge on any atom is -0.357 e. The highest BCUT2D eigenvalue weighted by atomic mass is 35.5. The fraction of sp³-hybridized carbons (Fsp3) is 0.619. The molecule has 0 spiro atoms. The summed E-state index contributed by atoms with van der Waals surface area (Å²) in [4.78, 5) is 20.6. The summed E-state index contributed by atoms with van der Waals surface area (Å²) in [7, 11) is 0. The van der Waals surface area contributed by atoms with Crippen LogP contribution in [0.4, 0.5) is 0 Å². The third kappa shape index (κ3) is 5.61. The van der Waals surface area contributed by atoms with Crippen LogP contribution >= 0.6 is 11.6 Å². The SMILES string of the molecule is CCNC(=NCC1(c2cccc(Cl)c2)CC1)NCCN1CCN(C(C)=O)CC1. The fourth-order valence-electron chi connectivity index (χ4n) is 3.70. The predicted molar refractivity (Wildman–Crippen MR) is 115 cm³/mol. The lowest BCUT2D eigenvalue weighted by Gasteiger charge is -2.34. The molecule has 154 valence electrons. The lowest BCUT2D eigenvalue weighted by atomic mass is 9.96. The molecule has 0 aromatic heterocycles. The zero-order valence-electron chi connectivity index (χ0n) is 17.0. The maximum atomic E-state index is 11.4. The summed E-state index contributed by atoms with van der Waals surface area (Å²) in [6, 6.07) is 8.18. The number of hydrogen-bond acceptors (Lipinski definition) is 3. The van der Waals surface area contributed by atoms with Crippen LogP contribution in [-0.4, -0.2) is 74.0 Å². The van der Waals surface area contributed by atoms with Crippen molar-refractivity contribution in [1.29, 1.82) is 0 Å². The third-order valence-electron chi connectivity index (χ3n) is 5.71. The third-order valence-corrected chi connectivity index (χ3v) is 5.95. The van der Waals surface area contributed by atoms with E-state index in [2.05, 4.69) is 34.6 Å². The zero-order chi connectivity index (χ0) is 20.0. The maximum Gasteiger partial charge on any atom is 0.219 e. The van der Waals surface area contributed by atoms with E-state index in [1.54, 1.807) is 6.92 Å². The Morgan fingerprint density at radius 2 is 1.96 bits per heavy atom. The quantitative estimate of drug-likeness (QED) is 0.538. The van der Waals surface area contributed by atoms with E-state index in [1.807, 2.05) is 17.0 Å². The molecule has 1 aliphatic heterocycles. The molecular formula is C21H32ClN5O. The highest BCUT2D eigenvalue weighted by Crippen LogP contribution is 2.48. The molecule has 2 fully saturated rings. The normalized spacial score (nSPS) is 19.4. The van der Waals surface area contributed by atoms with Gasteiger partial charge < -0.3 is 15.5 Å². The van der Waals surface area contributed by atoms with E-state index < -0.39 is 0 Å². The number of nitrogens with zero attached hydrogens (tertiary/aromatic N) is 3. The van der Waals surface area contributed by atoms with Gasteiger partial charge in [-0.15, -0.1) is 0 Å². The van der Waals surface area contributed by atoms with Gasteiger partial charge in [0.25, 0.3) is 0 Å². The molecule has 28 heavy (non-hydrogen) atoms. The average Bonchev–Trinajstić information content (AvgIpc) is 3.48. The van der Waals surface area contributed by atoms with Crippen LogP contribution in [0.5, 0.6) is 0 Å². The number of carbonyl (C=O) groups is 1. The molecule has 0 bridgehead atoms. The van der Waals surface area contributed by atoms with Gasteiger partial charge in [0.15, 0.2) is 5.96 Å². The van der Waals surface area contributed by atoms with Gasteiger partial charge in [0.2, 0.25) is 5.91 Å². The largest absolute Gasteiger partial charge is 0.357 e. The Bertz CT molecular complexity index is 696. The highest BCUT2D eigenvalue weighted by Gasteiger charge is 2.44. The van der Waals surface area contributed by atoms with Gasteiger partial charge in [-0.25, -0.2) is 0 Å². The van der Waals surface area contributed by atoms with E-state index in [-0.39, 0.29) is 11.3 Å². The van der Waals surface area contributed by atoms with Crippen molar-refractivity contribution >= 4 is 23.5 Å². The van der Waals surface area contributed by atoms with E-state index in [0.717, 1.165) is 76.2 Å². The molecule has 0 unspecified atom stereocenters. The van der Waals surface area contributed by atoms with E-state index >= 15 is 0 Å². The number of aliphatic imine (C=N–C) groups is 1. The summed E-state index contributed by atoms with van der Waals surface area (Å²) in [5.74, 6) is 1.05. The molecule has 6 nitrogen and oxygen atoms in total. The molecule has 1 amide bonds. The molecular weight excluding hydrogens is 374 g/mol. The Morgan fingerprint density at radius 3 is 2.57 bits per heavy atom. The first-order valence-corrected chi connectivity index (χ1v) is 10.7. The van der Waals surface area contributed by atoms with Crippen molar-refractivity contribution in [1.82, 2.24) is 20.4 Å². The lowest BCUT2D eigenvalue weighted by molar-refractivity contribution is -0.130. The molecule has 1 saturated carbocycles. The van der Waals surface area contributed by atoms with E-state index in [4.69, 9.17) is 16.6 Å². The minimum atomic E-state index is 0.149. The standard InChI is InChI=1S/C21H32ClN5O/c1-3-23-20(24-9-10-26-11-13-27(14-12-26)17(2)28)25-16-21(7-8-21)18-5-4-6-19(22)15-18/h4-6,15H,3,7-14,16H2,1-2H3,(H2,23,24,25). The molecule has 2 aliphatic rings. The molecule has 3 rings (SSSR count). The van der Waals surface area contributed by atoms with Crippen molar-refractivity contribution in [2.24, 2.45) is 4.99 Å². The topological polar surface area (TPSA) is 60.0 Å². The Balaban J connectivity index is 1.48. The van der Waals surface area contributed by atoms with Crippen molar-refractivity contribution < 1.29 is 4.79 Å². The van der Waals surface area contributed by atoms with Crippen molar-refractivity contribution in [3.63, 3.8) is 0 Å². The van der Waals surface area contributed by atoms with Gasteiger partial charge in [0.1, 0.15) is 0 Å². The monoisotopic (exact) mass is 405 g/mol. The van der Waals surface area contributed by atoms with Crippen LogP contribution in [0.15, 0.2) is 29.3 Å². The van der Waals surface area contributed by atoms with Gasteiger partial charge in [0.05, 0.1) is 6.54 Å². The molecule has 1 saturated heterocycles. The second kappa shape index (κ2) is 9.61. The number of guanidine groups is 1. The number of amides is 1. The van der Waals surface area contributed by atoms with Gasteiger partial charge in [-0.1, -0.05) is 23.7 Å². The van der Waals surface area contributed by atoms with Gasteiger partial charge in [-0.3, -0.25) is 14.7 Å². The second-order valence-electron chi connectivity index (χ2n) is 7.76. The predicted octanol–water partition coefficient (Wildman–Crippen LogP) is 2.09.